The van der Waals surface area contributed by atoms with Gasteiger partial charge in [0.1, 0.15) is 0 Å². The van der Waals surface area contributed by atoms with Crippen molar-refractivity contribution in [1.82, 2.24) is 0 Å². The number of aliphatic hydroxyl groups excluding tert-OH is 1. The number of hydrogen-bond donors (Lipinski definition) is 1. The Morgan fingerprint density at radius 1 is 1.47 bits per heavy atom. The van der Waals surface area contributed by atoms with E-state index in [0.29, 0.717) is 18.9 Å². The van der Waals surface area contributed by atoms with Crippen molar-refractivity contribution in [2.24, 2.45) is 5.92 Å². The van der Waals surface area contributed by atoms with E-state index >= 15 is 0 Å². The lowest BCUT2D eigenvalue weighted by Gasteiger charge is -2.25. The molecule has 0 aromatic carbocycles. The molecule has 15 heavy (non-hydrogen) atoms. The number of esters is 1. The third-order valence-corrected chi connectivity index (χ3v) is 3.05. The molecular formula is C12H22O3. The number of carbonyl (C=O) groups excluding carboxylic acids is 1. The van der Waals surface area contributed by atoms with Gasteiger partial charge in [-0.25, -0.2) is 0 Å². The van der Waals surface area contributed by atoms with Gasteiger partial charge in [0.05, 0.1) is 12.7 Å². The van der Waals surface area contributed by atoms with Crippen LogP contribution < -0.4 is 0 Å². The molecule has 0 spiro atoms. The minimum Gasteiger partial charge on any atom is -0.466 e. The van der Waals surface area contributed by atoms with Crippen LogP contribution in [0.2, 0.25) is 0 Å². The van der Waals surface area contributed by atoms with E-state index < -0.39 is 0 Å². The third kappa shape index (κ3) is 5.17. The Labute approximate surface area is 91.8 Å². The van der Waals surface area contributed by atoms with E-state index in [-0.39, 0.29) is 12.1 Å². The van der Waals surface area contributed by atoms with Crippen LogP contribution in [0.3, 0.4) is 0 Å². The number of ether oxygens (including phenoxy) is 1. The van der Waals surface area contributed by atoms with Gasteiger partial charge in [0.25, 0.3) is 0 Å². The molecule has 88 valence electrons. The summed E-state index contributed by atoms with van der Waals surface area (Å²) in [7, 11) is 0. The fraction of sp³-hybridized carbons (Fsp3) is 0.917. The smallest absolute Gasteiger partial charge is 0.305 e. The van der Waals surface area contributed by atoms with Crippen molar-refractivity contribution in [3.8, 4) is 0 Å². The standard InChI is InChI=1S/C12H22O3/c1-2-15-12(14)8-4-6-10-5-3-7-11(13)9-10/h10-11,13H,2-9H2,1H3. The topological polar surface area (TPSA) is 46.5 Å². The van der Waals surface area contributed by atoms with Crippen molar-refractivity contribution in [1.29, 1.82) is 0 Å². The van der Waals surface area contributed by atoms with E-state index in [9.17, 15) is 9.90 Å². The van der Waals surface area contributed by atoms with E-state index in [1.807, 2.05) is 6.92 Å². The highest BCUT2D eigenvalue weighted by Crippen LogP contribution is 2.28. The van der Waals surface area contributed by atoms with Crippen LogP contribution in [0.15, 0.2) is 0 Å². The predicted octanol–water partition coefficient (Wildman–Crippen LogP) is 2.27. The maximum atomic E-state index is 11.1. The van der Waals surface area contributed by atoms with Gasteiger partial charge in [0.2, 0.25) is 0 Å². The molecule has 0 aromatic heterocycles. The van der Waals surface area contributed by atoms with Crippen LogP contribution in [0, 0.1) is 5.92 Å². The number of hydrogen-bond acceptors (Lipinski definition) is 3. The molecule has 0 heterocycles. The van der Waals surface area contributed by atoms with Crippen molar-refractivity contribution in [2.45, 2.75) is 58.0 Å². The van der Waals surface area contributed by atoms with Crippen molar-refractivity contribution in [2.75, 3.05) is 6.61 Å². The lowest BCUT2D eigenvalue weighted by Crippen LogP contribution is -2.19. The van der Waals surface area contributed by atoms with Gasteiger partial charge >= 0.3 is 5.97 Å². The molecule has 1 aliphatic carbocycles. The maximum absolute atomic E-state index is 11.1. The second-order valence-electron chi connectivity index (χ2n) is 4.38. The second-order valence-corrected chi connectivity index (χ2v) is 4.38. The SMILES string of the molecule is CCOC(=O)CCCC1CCCC(O)C1. The monoisotopic (exact) mass is 214 g/mol. The largest absolute Gasteiger partial charge is 0.466 e. The molecule has 1 N–H and O–H groups in total. The summed E-state index contributed by atoms with van der Waals surface area (Å²) >= 11 is 0. The summed E-state index contributed by atoms with van der Waals surface area (Å²) in [5.41, 5.74) is 0. The Morgan fingerprint density at radius 2 is 2.27 bits per heavy atom. The van der Waals surface area contributed by atoms with Crippen molar-refractivity contribution >= 4 is 5.97 Å². The first-order valence-electron chi connectivity index (χ1n) is 6.06. The van der Waals surface area contributed by atoms with Crippen molar-refractivity contribution in [3.63, 3.8) is 0 Å². The summed E-state index contributed by atoms with van der Waals surface area (Å²) in [6.07, 6.45) is 6.58. The van der Waals surface area contributed by atoms with Crippen LogP contribution in [0.5, 0.6) is 0 Å². The molecule has 2 atom stereocenters. The molecule has 3 heteroatoms. The fourth-order valence-electron chi connectivity index (χ4n) is 2.29. The summed E-state index contributed by atoms with van der Waals surface area (Å²) in [4.78, 5) is 11.1. The lowest BCUT2D eigenvalue weighted by atomic mass is 9.84. The highest BCUT2D eigenvalue weighted by atomic mass is 16.5. The molecule has 3 nitrogen and oxygen atoms in total. The minimum atomic E-state index is -0.105. The van der Waals surface area contributed by atoms with Crippen molar-refractivity contribution in [3.05, 3.63) is 0 Å². The third-order valence-electron chi connectivity index (χ3n) is 3.05. The fourth-order valence-corrected chi connectivity index (χ4v) is 2.29. The maximum Gasteiger partial charge on any atom is 0.305 e. The lowest BCUT2D eigenvalue weighted by molar-refractivity contribution is -0.143. The van der Waals surface area contributed by atoms with Crippen molar-refractivity contribution < 1.29 is 14.6 Å². The zero-order valence-corrected chi connectivity index (χ0v) is 9.58. The first-order chi connectivity index (χ1) is 7.22. The number of rotatable bonds is 5. The number of aliphatic hydroxyl groups is 1. The molecule has 0 radical (unpaired) electrons. The zero-order valence-electron chi connectivity index (χ0n) is 9.58. The second kappa shape index (κ2) is 6.83. The Hall–Kier alpha value is -0.570. The highest BCUT2D eigenvalue weighted by molar-refractivity contribution is 5.69. The summed E-state index contributed by atoms with van der Waals surface area (Å²) in [5, 5.41) is 9.48. The molecule has 1 aliphatic rings. The van der Waals surface area contributed by atoms with Gasteiger partial charge in [-0.3, -0.25) is 4.79 Å². The normalized spacial score (nSPS) is 26.3. The molecule has 0 bridgehead atoms. The van der Waals surface area contributed by atoms with E-state index in [2.05, 4.69) is 0 Å². The summed E-state index contributed by atoms with van der Waals surface area (Å²) < 4.78 is 4.86. The highest BCUT2D eigenvalue weighted by Gasteiger charge is 2.19. The molecular weight excluding hydrogens is 192 g/mol. The first-order valence-corrected chi connectivity index (χ1v) is 6.06. The van der Waals surface area contributed by atoms with Crippen LogP contribution in [0.4, 0.5) is 0 Å². The van der Waals surface area contributed by atoms with Gasteiger partial charge in [-0.05, 0) is 38.5 Å². The molecule has 0 aliphatic heterocycles. The first kappa shape index (κ1) is 12.5. The Bertz CT molecular complexity index is 191. The van der Waals surface area contributed by atoms with Crippen LogP contribution in [-0.2, 0) is 9.53 Å². The van der Waals surface area contributed by atoms with E-state index in [4.69, 9.17) is 4.74 Å². The average molecular weight is 214 g/mol. The molecule has 0 amide bonds. The summed E-state index contributed by atoms with van der Waals surface area (Å²) in [6, 6.07) is 0. The quantitative estimate of drug-likeness (QED) is 0.714. The summed E-state index contributed by atoms with van der Waals surface area (Å²) in [5.74, 6) is 0.525. The minimum absolute atomic E-state index is 0.0890. The molecule has 0 saturated heterocycles. The Morgan fingerprint density at radius 3 is 2.93 bits per heavy atom. The summed E-state index contributed by atoms with van der Waals surface area (Å²) in [6.45, 7) is 2.30. The van der Waals surface area contributed by atoms with Gasteiger partial charge in [-0.15, -0.1) is 0 Å². The Balaban J connectivity index is 2.06. The van der Waals surface area contributed by atoms with E-state index in [0.717, 1.165) is 32.1 Å². The molecule has 1 saturated carbocycles. The Kier molecular flexibility index (Phi) is 5.69. The van der Waals surface area contributed by atoms with Gasteiger partial charge in [-0.1, -0.05) is 12.8 Å². The number of carbonyl (C=O) groups is 1. The molecule has 0 aromatic rings. The molecule has 1 fully saturated rings. The molecule has 2 unspecified atom stereocenters. The average Bonchev–Trinajstić information content (AvgIpc) is 2.18. The van der Waals surface area contributed by atoms with E-state index in [1.54, 1.807) is 0 Å². The van der Waals surface area contributed by atoms with Gasteiger partial charge in [0, 0.05) is 6.42 Å². The van der Waals surface area contributed by atoms with Crippen LogP contribution in [-0.4, -0.2) is 23.8 Å². The predicted molar refractivity (Wildman–Crippen MR) is 58.4 cm³/mol. The van der Waals surface area contributed by atoms with Gasteiger partial charge in [0.15, 0.2) is 0 Å². The van der Waals surface area contributed by atoms with Crippen LogP contribution in [0.1, 0.15) is 51.9 Å². The van der Waals surface area contributed by atoms with Gasteiger partial charge < -0.3 is 9.84 Å². The van der Waals surface area contributed by atoms with E-state index in [1.165, 1.54) is 6.42 Å². The molecule has 1 rings (SSSR count). The zero-order chi connectivity index (χ0) is 11.1. The van der Waals surface area contributed by atoms with Crippen LogP contribution >= 0.6 is 0 Å². The van der Waals surface area contributed by atoms with Crippen LogP contribution in [0.25, 0.3) is 0 Å². The van der Waals surface area contributed by atoms with Gasteiger partial charge in [-0.2, -0.15) is 0 Å².